The quantitative estimate of drug-likeness (QED) is 0.170. The Balaban J connectivity index is -0.00000264. The molecule has 0 aromatic heterocycles. The maximum absolute atomic E-state index is 11.2. The van der Waals surface area contributed by atoms with Crippen molar-refractivity contribution in [3.63, 3.8) is 0 Å². The van der Waals surface area contributed by atoms with E-state index >= 15 is 0 Å². The van der Waals surface area contributed by atoms with Crippen molar-refractivity contribution in [2.45, 2.75) is 37.8 Å². The standard InChI is InChI=1S/C12H16N2O10.2Na/c13-5(9(17)18)1-3-7(15)23-11(21)12(22)24-8(16)4-2-6(14)10(19)20;;/h5-6H,1-4,13-14H2,(H,17,18)(H,19,20);;/q;2*+1/p-2/t5-,6-;;/m0../s1. The normalized spacial score (nSPS) is 11.6. The predicted octanol–water partition coefficient (Wildman–Crippen LogP) is -11.2. The summed E-state index contributed by atoms with van der Waals surface area (Å²) in [6.07, 6.45) is -1.99. The second kappa shape index (κ2) is 15.2. The summed E-state index contributed by atoms with van der Waals surface area (Å²) in [6, 6.07) is -2.93. The molecule has 0 unspecified atom stereocenters. The summed E-state index contributed by atoms with van der Waals surface area (Å²) < 4.78 is 8.01. The third-order valence-electron chi connectivity index (χ3n) is 2.50. The molecule has 0 aliphatic heterocycles. The van der Waals surface area contributed by atoms with Crippen LogP contribution in [0.25, 0.3) is 0 Å². The van der Waals surface area contributed by atoms with Crippen molar-refractivity contribution in [3.8, 4) is 0 Å². The summed E-state index contributed by atoms with van der Waals surface area (Å²) in [4.78, 5) is 65.2. The number of hydrogen-bond acceptors (Lipinski definition) is 12. The fourth-order valence-electron chi connectivity index (χ4n) is 1.17. The van der Waals surface area contributed by atoms with Gasteiger partial charge in [0.15, 0.2) is 0 Å². The fourth-order valence-corrected chi connectivity index (χ4v) is 1.17. The van der Waals surface area contributed by atoms with Crippen LogP contribution in [0.5, 0.6) is 0 Å². The molecular formula is C12H14N2Na2O10. The van der Waals surface area contributed by atoms with Gasteiger partial charge in [0, 0.05) is 24.9 Å². The molecular weight excluding hydrogens is 378 g/mol. The van der Waals surface area contributed by atoms with E-state index in [2.05, 4.69) is 9.47 Å². The Kier molecular flexibility index (Phi) is 17.5. The van der Waals surface area contributed by atoms with E-state index in [1.165, 1.54) is 0 Å². The Morgan fingerprint density at radius 1 is 0.692 bits per heavy atom. The van der Waals surface area contributed by atoms with Crippen LogP contribution >= 0.6 is 0 Å². The molecule has 0 amide bonds. The van der Waals surface area contributed by atoms with E-state index in [1.807, 2.05) is 0 Å². The second-order valence-electron chi connectivity index (χ2n) is 4.45. The molecule has 0 saturated heterocycles. The molecule has 0 aliphatic rings. The maximum Gasteiger partial charge on any atom is 1.00 e. The summed E-state index contributed by atoms with van der Waals surface area (Å²) in [7, 11) is 0. The molecule has 0 heterocycles. The molecule has 12 nitrogen and oxygen atoms in total. The zero-order valence-corrected chi connectivity index (χ0v) is 18.2. The average Bonchev–Trinajstić information content (AvgIpc) is 2.49. The molecule has 0 rings (SSSR count). The number of nitrogens with two attached hydrogens (primary N) is 2. The molecule has 0 aliphatic carbocycles. The summed E-state index contributed by atoms with van der Waals surface area (Å²) in [5.74, 6) is -9.37. The number of esters is 4. The van der Waals surface area contributed by atoms with Gasteiger partial charge in [0.2, 0.25) is 0 Å². The van der Waals surface area contributed by atoms with Gasteiger partial charge in [-0.05, 0) is 12.8 Å². The van der Waals surface area contributed by atoms with Gasteiger partial charge < -0.3 is 40.7 Å². The fraction of sp³-hybridized carbons (Fsp3) is 0.500. The third-order valence-corrected chi connectivity index (χ3v) is 2.50. The van der Waals surface area contributed by atoms with Crippen LogP contribution in [0.4, 0.5) is 0 Å². The van der Waals surface area contributed by atoms with Crippen LogP contribution in [0.2, 0.25) is 0 Å². The number of ether oxygens (including phenoxy) is 2. The summed E-state index contributed by atoms with van der Waals surface area (Å²) in [5, 5.41) is 20.6. The molecule has 0 bridgehead atoms. The Bertz CT molecular complexity index is 506. The van der Waals surface area contributed by atoms with Gasteiger partial charge in [0.25, 0.3) is 0 Å². The minimum atomic E-state index is -1.81. The SMILES string of the molecule is N[C@@H](CCC(=O)OC(=O)C(=O)OC(=O)CC[C@H](N)C(=O)[O-])C(=O)[O-].[Na+].[Na+]. The van der Waals surface area contributed by atoms with Crippen LogP contribution in [0.3, 0.4) is 0 Å². The van der Waals surface area contributed by atoms with Crippen molar-refractivity contribution in [2.75, 3.05) is 0 Å². The van der Waals surface area contributed by atoms with Crippen LogP contribution in [0, 0.1) is 0 Å². The second-order valence-corrected chi connectivity index (χ2v) is 4.45. The first-order chi connectivity index (χ1) is 11.0. The van der Waals surface area contributed by atoms with Crippen LogP contribution in [0.15, 0.2) is 0 Å². The molecule has 0 spiro atoms. The third kappa shape index (κ3) is 13.4. The molecule has 14 heteroatoms. The van der Waals surface area contributed by atoms with E-state index in [-0.39, 0.29) is 59.1 Å². The molecule has 2 atom stereocenters. The molecule has 0 fully saturated rings. The molecule has 26 heavy (non-hydrogen) atoms. The van der Waals surface area contributed by atoms with Crippen molar-refractivity contribution in [3.05, 3.63) is 0 Å². The molecule has 0 aromatic rings. The van der Waals surface area contributed by atoms with Crippen molar-refractivity contribution < 1.29 is 108 Å². The minimum absolute atomic E-state index is 0. The Labute approximate surface area is 191 Å². The first-order valence-corrected chi connectivity index (χ1v) is 6.47. The summed E-state index contributed by atoms with van der Waals surface area (Å²) in [6.45, 7) is 0. The van der Waals surface area contributed by atoms with Gasteiger partial charge in [-0.1, -0.05) is 0 Å². The van der Waals surface area contributed by atoms with Crippen molar-refractivity contribution in [2.24, 2.45) is 11.5 Å². The van der Waals surface area contributed by atoms with Gasteiger partial charge in [-0.3, -0.25) is 9.59 Å². The van der Waals surface area contributed by atoms with Gasteiger partial charge in [-0.2, -0.15) is 0 Å². The predicted molar refractivity (Wildman–Crippen MR) is 66.6 cm³/mol. The molecule has 0 radical (unpaired) electrons. The van der Waals surface area contributed by atoms with Gasteiger partial charge in [-0.15, -0.1) is 0 Å². The van der Waals surface area contributed by atoms with Crippen LogP contribution in [-0.2, 0) is 38.2 Å². The van der Waals surface area contributed by atoms with Crippen molar-refractivity contribution in [1.29, 1.82) is 0 Å². The molecule has 4 N–H and O–H groups in total. The minimum Gasteiger partial charge on any atom is -0.548 e. The van der Waals surface area contributed by atoms with Gasteiger partial charge >= 0.3 is 83.0 Å². The smallest absolute Gasteiger partial charge is 0.548 e. The Morgan fingerprint density at radius 3 is 1.19 bits per heavy atom. The van der Waals surface area contributed by atoms with Crippen molar-refractivity contribution >= 4 is 35.8 Å². The van der Waals surface area contributed by atoms with Gasteiger partial charge in [0.05, 0.1) is 11.9 Å². The molecule has 0 saturated carbocycles. The van der Waals surface area contributed by atoms with Gasteiger partial charge in [0.1, 0.15) is 0 Å². The summed E-state index contributed by atoms with van der Waals surface area (Å²) >= 11 is 0. The first-order valence-electron chi connectivity index (χ1n) is 6.47. The van der Waals surface area contributed by atoms with E-state index in [9.17, 15) is 39.0 Å². The molecule has 0 aromatic carbocycles. The zero-order chi connectivity index (χ0) is 18.9. The topological polar surface area (TPSA) is 219 Å². The average molecular weight is 392 g/mol. The largest absolute Gasteiger partial charge is 1.00 e. The number of carbonyl (C=O) groups excluding carboxylic acids is 6. The van der Waals surface area contributed by atoms with Crippen molar-refractivity contribution in [1.82, 2.24) is 0 Å². The van der Waals surface area contributed by atoms with E-state index < -0.39 is 73.6 Å². The number of hydrogen-bond donors (Lipinski definition) is 2. The maximum atomic E-state index is 11.2. The molecule has 134 valence electrons. The Hall–Kier alpha value is -0.860. The van der Waals surface area contributed by atoms with E-state index in [0.717, 1.165) is 0 Å². The zero-order valence-electron chi connectivity index (χ0n) is 14.2. The van der Waals surface area contributed by atoms with Crippen LogP contribution in [0.1, 0.15) is 25.7 Å². The van der Waals surface area contributed by atoms with E-state index in [4.69, 9.17) is 11.5 Å². The number of aliphatic carboxylic acids is 2. The number of rotatable bonds is 8. The van der Waals surface area contributed by atoms with E-state index in [1.54, 1.807) is 0 Å². The number of carboxylic acids is 2. The number of carbonyl (C=O) groups is 6. The van der Waals surface area contributed by atoms with Crippen LogP contribution in [-0.4, -0.2) is 47.9 Å². The Morgan fingerprint density at radius 2 is 0.962 bits per heavy atom. The number of carboxylic acid groups (broad SMARTS) is 2. The summed E-state index contributed by atoms with van der Waals surface area (Å²) in [5.41, 5.74) is 10.1. The first kappa shape index (κ1) is 29.9. The van der Waals surface area contributed by atoms with E-state index in [0.29, 0.717) is 0 Å². The van der Waals surface area contributed by atoms with Crippen LogP contribution < -0.4 is 80.8 Å². The monoisotopic (exact) mass is 392 g/mol. The van der Waals surface area contributed by atoms with Gasteiger partial charge in [-0.25, -0.2) is 9.59 Å².